The third-order valence-electron chi connectivity index (χ3n) is 2.33. The number of pyridine rings is 1. The molecule has 2 aromatic rings. The third kappa shape index (κ3) is 2.17. The summed E-state index contributed by atoms with van der Waals surface area (Å²) < 4.78 is 43.2. The highest BCUT2D eigenvalue weighted by Gasteiger charge is 2.38. The number of imidazole rings is 1. The second-order valence-electron chi connectivity index (χ2n) is 3.60. The molecule has 0 amide bonds. The van der Waals surface area contributed by atoms with Gasteiger partial charge in [-0.25, -0.2) is 4.98 Å². The van der Waals surface area contributed by atoms with Gasteiger partial charge in [-0.2, -0.15) is 18.2 Å². The van der Waals surface area contributed by atoms with Crippen molar-refractivity contribution in [2.75, 3.05) is 0 Å². The zero-order valence-corrected chi connectivity index (χ0v) is 9.19. The number of halogens is 3. The van der Waals surface area contributed by atoms with Crippen LogP contribution in [0, 0.1) is 0 Å². The summed E-state index contributed by atoms with van der Waals surface area (Å²) >= 11 is 0. The van der Waals surface area contributed by atoms with E-state index in [0.717, 1.165) is 6.92 Å². The molecule has 0 aliphatic rings. The van der Waals surface area contributed by atoms with Crippen molar-refractivity contribution in [1.82, 2.24) is 14.5 Å². The molecule has 0 bridgehead atoms. The molecule has 2 heterocycles. The standard InChI is InChI=1S/C10H10F3N3O/c1-6(10(11,12)13)17-9-15-7-4-3-5-14-8(7)16(9)2/h3-6H,1-2H3. The molecular weight excluding hydrogens is 235 g/mol. The topological polar surface area (TPSA) is 39.9 Å². The number of ether oxygens (including phenoxy) is 1. The Kier molecular flexibility index (Phi) is 2.68. The quantitative estimate of drug-likeness (QED) is 0.815. The molecule has 0 saturated carbocycles. The van der Waals surface area contributed by atoms with Gasteiger partial charge in [-0.3, -0.25) is 4.57 Å². The number of nitrogens with zero attached hydrogens (tertiary/aromatic N) is 3. The molecule has 92 valence electrons. The highest BCUT2D eigenvalue weighted by atomic mass is 19.4. The maximum atomic E-state index is 12.3. The van der Waals surface area contributed by atoms with E-state index in [-0.39, 0.29) is 6.01 Å². The second kappa shape index (κ2) is 3.90. The van der Waals surface area contributed by atoms with Crippen LogP contribution in [-0.2, 0) is 7.05 Å². The van der Waals surface area contributed by atoms with Gasteiger partial charge in [-0.15, -0.1) is 0 Å². The van der Waals surface area contributed by atoms with Gasteiger partial charge in [-0.1, -0.05) is 0 Å². The Morgan fingerprint density at radius 3 is 2.71 bits per heavy atom. The van der Waals surface area contributed by atoms with Gasteiger partial charge < -0.3 is 4.74 Å². The van der Waals surface area contributed by atoms with Gasteiger partial charge in [0.15, 0.2) is 11.8 Å². The summed E-state index contributed by atoms with van der Waals surface area (Å²) in [6.45, 7) is 0.937. The van der Waals surface area contributed by atoms with Gasteiger partial charge in [0.25, 0.3) is 6.01 Å². The van der Waals surface area contributed by atoms with Crippen LogP contribution in [0.3, 0.4) is 0 Å². The maximum absolute atomic E-state index is 12.3. The van der Waals surface area contributed by atoms with Crippen LogP contribution >= 0.6 is 0 Å². The Balaban J connectivity index is 2.34. The van der Waals surface area contributed by atoms with Gasteiger partial charge in [-0.05, 0) is 19.1 Å². The predicted molar refractivity (Wildman–Crippen MR) is 54.7 cm³/mol. The molecule has 1 unspecified atom stereocenters. The van der Waals surface area contributed by atoms with Crippen LogP contribution in [-0.4, -0.2) is 26.8 Å². The van der Waals surface area contributed by atoms with E-state index >= 15 is 0 Å². The second-order valence-corrected chi connectivity index (χ2v) is 3.60. The minimum Gasteiger partial charge on any atom is -0.452 e. The number of hydrogen-bond donors (Lipinski definition) is 0. The van der Waals surface area contributed by atoms with Gasteiger partial charge in [0.1, 0.15) is 5.52 Å². The van der Waals surface area contributed by atoms with Crippen LogP contribution in [0.25, 0.3) is 11.2 Å². The molecule has 0 N–H and O–H groups in total. The first kappa shape index (κ1) is 11.7. The van der Waals surface area contributed by atoms with E-state index in [1.54, 1.807) is 25.4 Å². The summed E-state index contributed by atoms with van der Waals surface area (Å²) in [5.74, 6) is 0. The Morgan fingerprint density at radius 1 is 1.41 bits per heavy atom. The summed E-state index contributed by atoms with van der Waals surface area (Å²) in [4.78, 5) is 7.95. The molecule has 1 atom stereocenters. The Hall–Kier alpha value is -1.79. The van der Waals surface area contributed by atoms with Crippen molar-refractivity contribution in [2.45, 2.75) is 19.2 Å². The zero-order chi connectivity index (χ0) is 12.6. The van der Waals surface area contributed by atoms with Crippen LogP contribution in [0.5, 0.6) is 6.01 Å². The number of aryl methyl sites for hydroxylation is 1. The molecule has 0 aromatic carbocycles. The first-order valence-electron chi connectivity index (χ1n) is 4.90. The van der Waals surface area contributed by atoms with Crippen LogP contribution in [0.1, 0.15) is 6.92 Å². The monoisotopic (exact) mass is 245 g/mol. The van der Waals surface area contributed by atoms with E-state index < -0.39 is 12.3 Å². The molecule has 0 spiro atoms. The SMILES string of the molecule is CC(Oc1nc2cccnc2n1C)C(F)(F)F. The molecule has 4 nitrogen and oxygen atoms in total. The maximum Gasteiger partial charge on any atom is 0.425 e. The predicted octanol–water partition coefficient (Wildman–Crippen LogP) is 2.30. The van der Waals surface area contributed by atoms with Crippen LogP contribution in [0.15, 0.2) is 18.3 Å². The average molecular weight is 245 g/mol. The molecular formula is C10H10F3N3O. The van der Waals surface area contributed by atoms with Gasteiger partial charge in [0.2, 0.25) is 0 Å². The molecule has 7 heteroatoms. The first-order valence-corrected chi connectivity index (χ1v) is 4.90. The van der Waals surface area contributed by atoms with Crippen LogP contribution in [0.2, 0.25) is 0 Å². The third-order valence-corrected chi connectivity index (χ3v) is 2.33. The summed E-state index contributed by atoms with van der Waals surface area (Å²) in [5, 5.41) is 0. The van der Waals surface area contributed by atoms with Crippen molar-refractivity contribution in [3.05, 3.63) is 18.3 Å². The smallest absolute Gasteiger partial charge is 0.425 e. The number of fused-ring (bicyclic) bond motifs is 1. The lowest BCUT2D eigenvalue weighted by molar-refractivity contribution is -0.191. The Labute approximate surface area is 95.0 Å². The van der Waals surface area contributed by atoms with Gasteiger partial charge in [0.05, 0.1) is 0 Å². The van der Waals surface area contributed by atoms with Gasteiger partial charge >= 0.3 is 6.18 Å². The van der Waals surface area contributed by atoms with E-state index in [4.69, 9.17) is 4.74 Å². The minimum absolute atomic E-state index is 0.0940. The Bertz CT molecular complexity index is 535. The first-order chi connectivity index (χ1) is 7.89. The molecule has 0 aliphatic heterocycles. The average Bonchev–Trinajstić information content (AvgIpc) is 2.55. The summed E-state index contributed by atoms with van der Waals surface area (Å²) in [5.41, 5.74) is 0.983. The lowest BCUT2D eigenvalue weighted by Crippen LogP contribution is -2.32. The Morgan fingerprint density at radius 2 is 2.12 bits per heavy atom. The van der Waals surface area contributed by atoms with E-state index in [0.29, 0.717) is 11.2 Å². The van der Waals surface area contributed by atoms with Crippen LogP contribution < -0.4 is 4.74 Å². The zero-order valence-electron chi connectivity index (χ0n) is 9.19. The lowest BCUT2D eigenvalue weighted by atomic mass is 10.4. The summed E-state index contributed by atoms with van der Waals surface area (Å²) in [6.07, 6.45) is -4.77. The van der Waals surface area contributed by atoms with E-state index in [1.807, 2.05) is 0 Å². The molecule has 0 fully saturated rings. The number of alkyl halides is 3. The number of aromatic nitrogens is 3. The molecule has 0 saturated heterocycles. The fraction of sp³-hybridized carbons (Fsp3) is 0.400. The highest BCUT2D eigenvalue weighted by Crippen LogP contribution is 2.25. The molecule has 2 rings (SSSR count). The van der Waals surface area contributed by atoms with Crippen molar-refractivity contribution < 1.29 is 17.9 Å². The van der Waals surface area contributed by atoms with Crippen LogP contribution in [0.4, 0.5) is 13.2 Å². The fourth-order valence-electron chi connectivity index (χ4n) is 1.33. The lowest BCUT2D eigenvalue weighted by Gasteiger charge is -2.16. The largest absolute Gasteiger partial charge is 0.452 e. The minimum atomic E-state index is -4.41. The summed E-state index contributed by atoms with van der Waals surface area (Å²) in [6, 6.07) is 3.23. The number of rotatable bonds is 2. The van der Waals surface area contributed by atoms with E-state index in [2.05, 4.69) is 9.97 Å². The molecule has 17 heavy (non-hydrogen) atoms. The van der Waals surface area contributed by atoms with Crippen molar-refractivity contribution >= 4 is 11.2 Å². The van der Waals surface area contributed by atoms with E-state index in [9.17, 15) is 13.2 Å². The van der Waals surface area contributed by atoms with E-state index in [1.165, 1.54) is 4.57 Å². The molecule has 0 aliphatic carbocycles. The number of hydrogen-bond acceptors (Lipinski definition) is 3. The highest BCUT2D eigenvalue weighted by molar-refractivity contribution is 5.71. The molecule has 2 aromatic heterocycles. The van der Waals surface area contributed by atoms with Crippen molar-refractivity contribution in [3.8, 4) is 6.01 Å². The normalized spacial score (nSPS) is 13.9. The van der Waals surface area contributed by atoms with Crippen molar-refractivity contribution in [1.29, 1.82) is 0 Å². The molecule has 0 radical (unpaired) electrons. The van der Waals surface area contributed by atoms with Crippen molar-refractivity contribution in [2.24, 2.45) is 7.05 Å². The summed E-state index contributed by atoms with van der Waals surface area (Å²) in [7, 11) is 1.56. The van der Waals surface area contributed by atoms with Gasteiger partial charge in [0, 0.05) is 13.2 Å². The van der Waals surface area contributed by atoms with Crippen molar-refractivity contribution in [3.63, 3.8) is 0 Å². The fourth-order valence-corrected chi connectivity index (χ4v) is 1.33.